The van der Waals surface area contributed by atoms with Gasteiger partial charge in [-0.25, -0.2) is 4.98 Å². The van der Waals surface area contributed by atoms with Gasteiger partial charge in [0.15, 0.2) is 0 Å². The van der Waals surface area contributed by atoms with Crippen LogP contribution in [0, 0.1) is 12.8 Å². The largest absolute Gasteiger partial charge is 0.462 e. The highest BCUT2D eigenvalue weighted by Crippen LogP contribution is 2.35. The summed E-state index contributed by atoms with van der Waals surface area (Å²) < 4.78 is 17.1. The van der Waals surface area contributed by atoms with Gasteiger partial charge >= 0.3 is 5.97 Å². The van der Waals surface area contributed by atoms with Crippen LogP contribution in [0.25, 0.3) is 10.2 Å². The molecule has 0 spiro atoms. The number of esters is 1. The lowest BCUT2D eigenvalue weighted by molar-refractivity contribution is -0.146. The van der Waals surface area contributed by atoms with E-state index in [1.807, 2.05) is 6.92 Å². The van der Waals surface area contributed by atoms with Crippen LogP contribution in [0.1, 0.15) is 36.5 Å². The first-order chi connectivity index (χ1) is 13.5. The van der Waals surface area contributed by atoms with Gasteiger partial charge in [-0.3, -0.25) is 14.2 Å². The standard InChI is InChI=1S/C20H28N2O5S/c1-4-25-7-8-26-9-10-27-17(23)12-22-14(3)21-19-18(20(22)24)15-6-5-13(2)11-16(15)28-19/h13H,4-12H2,1-3H3. The lowest BCUT2D eigenvalue weighted by Gasteiger charge is -2.17. The monoisotopic (exact) mass is 408 g/mol. The number of hydrogen-bond donors (Lipinski definition) is 0. The fourth-order valence-corrected chi connectivity index (χ4v) is 4.88. The Hall–Kier alpha value is -1.77. The van der Waals surface area contributed by atoms with Crippen molar-refractivity contribution in [1.29, 1.82) is 0 Å². The van der Waals surface area contributed by atoms with Crippen molar-refractivity contribution in [3.05, 3.63) is 26.6 Å². The van der Waals surface area contributed by atoms with Crippen molar-refractivity contribution in [1.82, 2.24) is 9.55 Å². The van der Waals surface area contributed by atoms with Gasteiger partial charge in [0, 0.05) is 11.5 Å². The molecule has 0 saturated carbocycles. The second-order valence-corrected chi connectivity index (χ2v) is 8.20. The topological polar surface area (TPSA) is 79.7 Å². The highest BCUT2D eigenvalue weighted by atomic mass is 32.1. The molecule has 2 aromatic rings. The van der Waals surface area contributed by atoms with Gasteiger partial charge in [-0.05, 0) is 44.6 Å². The molecule has 1 aliphatic carbocycles. The van der Waals surface area contributed by atoms with Crippen LogP contribution in [-0.4, -0.2) is 48.6 Å². The average molecular weight is 409 g/mol. The molecule has 0 N–H and O–H groups in total. The minimum absolute atomic E-state index is 0.131. The van der Waals surface area contributed by atoms with E-state index in [-0.39, 0.29) is 18.7 Å². The van der Waals surface area contributed by atoms with Crippen molar-refractivity contribution in [3.63, 3.8) is 0 Å². The maximum atomic E-state index is 13.1. The fourth-order valence-electron chi connectivity index (χ4n) is 3.46. The zero-order chi connectivity index (χ0) is 20.1. The first kappa shape index (κ1) is 21.0. The number of hydrogen-bond acceptors (Lipinski definition) is 7. The fraction of sp³-hybridized carbons (Fsp3) is 0.650. The molecule has 1 unspecified atom stereocenters. The molecule has 1 aliphatic rings. The number of ether oxygens (including phenoxy) is 3. The Kier molecular flexibility index (Phi) is 7.20. The SMILES string of the molecule is CCOCCOCCOC(=O)Cn1c(C)nc2sc3c(c2c1=O)CCC(C)C3. The van der Waals surface area contributed by atoms with Crippen LogP contribution in [0.3, 0.4) is 0 Å². The maximum Gasteiger partial charge on any atom is 0.326 e. The van der Waals surface area contributed by atoms with Crippen LogP contribution in [0.4, 0.5) is 0 Å². The highest BCUT2D eigenvalue weighted by Gasteiger charge is 2.24. The first-order valence-electron chi connectivity index (χ1n) is 9.84. The molecule has 28 heavy (non-hydrogen) atoms. The third-order valence-corrected chi connectivity index (χ3v) is 6.11. The number of carbonyl (C=O) groups excluding carboxylic acids is 1. The Morgan fingerprint density at radius 1 is 1.25 bits per heavy atom. The number of thiophene rings is 1. The quantitative estimate of drug-likeness (QED) is 0.468. The van der Waals surface area contributed by atoms with Crippen molar-refractivity contribution in [2.24, 2.45) is 5.92 Å². The van der Waals surface area contributed by atoms with Crippen molar-refractivity contribution in [3.8, 4) is 0 Å². The molecule has 0 fully saturated rings. The van der Waals surface area contributed by atoms with E-state index >= 15 is 0 Å². The molecule has 0 bridgehead atoms. The van der Waals surface area contributed by atoms with E-state index in [9.17, 15) is 9.59 Å². The summed E-state index contributed by atoms with van der Waals surface area (Å²) in [6.45, 7) is 7.88. The van der Waals surface area contributed by atoms with E-state index in [1.165, 1.54) is 9.44 Å². The van der Waals surface area contributed by atoms with Crippen molar-refractivity contribution >= 4 is 27.5 Å². The van der Waals surface area contributed by atoms with Crippen molar-refractivity contribution in [2.75, 3.05) is 33.0 Å². The molecule has 154 valence electrons. The molecule has 3 rings (SSSR count). The lowest BCUT2D eigenvalue weighted by Crippen LogP contribution is -2.29. The number of carbonyl (C=O) groups is 1. The molecule has 2 heterocycles. The molecule has 2 aromatic heterocycles. The Bertz CT molecular complexity index is 889. The molecule has 0 radical (unpaired) electrons. The summed E-state index contributed by atoms with van der Waals surface area (Å²) in [5.41, 5.74) is 0.986. The molecule has 0 aliphatic heterocycles. The Labute approximate surface area is 168 Å². The summed E-state index contributed by atoms with van der Waals surface area (Å²) in [5.74, 6) is 0.709. The Morgan fingerprint density at radius 3 is 2.79 bits per heavy atom. The van der Waals surface area contributed by atoms with Gasteiger partial charge in [-0.15, -0.1) is 11.3 Å². The van der Waals surface area contributed by atoms with E-state index in [4.69, 9.17) is 14.2 Å². The average Bonchev–Trinajstić information content (AvgIpc) is 3.01. The summed E-state index contributed by atoms with van der Waals surface area (Å²) >= 11 is 1.62. The van der Waals surface area contributed by atoms with Crippen LogP contribution >= 0.6 is 11.3 Å². The van der Waals surface area contributed by atoms with E-state index in [2.05, 4.69) is 11.9 Å². The van der Waals surface area contributed by atoms with Crippen LogP contribution < -0.4 is 5.56 Å². The second kappa shape index (κ2) is 9.62. The van der Waals surface area contributed by atoms with Gasteiger partial charge in [0.1, 0.15) is 23.8 Å². The van der Waals surface area contributed by atoms with Gasteiger partial charge in [0.25, 0.3) is 5.56 Å². The molecule has 7 nitrogen and oxygen atoms in total. The maximum absolute atomic E-state index is 13.1. The zero-order valence-electron chi connectivity index (χ0n) is 16.8. The van der Waals surface area contributed by atoms with Gasteiger partial charge < -0.3 is 14.2 Å². The van der Waals surface area contributed by atoms with Crippen molar-refractivity contribution < 1.29 is 19.0 Å². The molecule has 0 amide bonds. The van der Waals surface area contributed by atoms with Crippen LogP contribution in [0.5, 0.6) is 0 Å². The molecular formula is C20H28N2O5S. The number of fused-ring (bicyclic) bond motifs is 3. The summed E-state index contributed by atoms with van der Waals surface area (Å²) in [4.78, 5) is 31.9. The number of aromatic nitrogens is 2. The molecular weight excluding hydrogens is 380 g/mol. The minimum Gasteiger partial charge on any atom is -0.462 e. The van der Waals surface area contributed by atoms with Gasteiger partial charge in [0.2, 0.25) is 0 Å². The predicted molar refractivity (Wildman–Crippen MR) is 108 cm³/mol. The molecule has 0 aromatic carbocycles. The third-order valence-electron chi connectivity index (χ3n) is 4.96. The summed E-state index contributed by atoms with van der Waals surface area (Å²) in [6.07, 6.45) is 2.98. The van der Waals surface area contributed by atoms with E-state index in [0.29, 0.717) is 43.6 Å². The summed E-state index contributed by atoms with van der Waals surface area (Å²) in [5, 5.41) is 0.685. The Balaban J connectivity index is 1.65. The van der Waals surface area contributed by atoms with Crippen LogP contribution in [0.15, 0.2) is 4.79 Å². The number of nitrogens with zero attached hydrogens (tertiary/aromatic N) is 2. The normalized spacial score (nSPS) is 16.3. The van der Waals surface area contributed by atoms with E-state index < -0.39 is 5.97 Å². The molecule has 8 heteroatoms. The van der Waals surface area contributed by atoms with Gasteiger partial charge in [0.05, 0.1) is 25.2 Å². The summed E-state index contributed by atoms with van der Waals surface area (Å²) in [6, 6.07) is 0. The predicted octanol–water partition coefficient (Wildman–Crippen LogP) is 2.49. The summed E-state index contributed by atoms with van der Waals surface area (Å²) in [7, 11) is 0. The van der Waals surface area contributed by atoms with Gasteiger partial charge in [-0.1, -0.05) is 6.92 Å². The lowest BCUT2D eigenvalue weighted by atomic mass is 9.89. The van der Waals surface area contributed by atoms with Crippen LogP contribution in [-0.2, 0) is 38.4 Å². The number of rotatable bonds is 9. The van der Waals surface area contributed by atoms with E-state index in [0.717, 1.165) is 29.7 Å². The van der Waals surface area contributed by atoms with E-state index in [1.54, 1.807) is 18.3 Å². The minimum atomic E-state index is -0.461. The third kappa shape index (κ3) is 4.79. The smallest absolute Gasteiger partial charge is 0.326 e. The second-order valence-electron chi connectivity index (χ2n) is 7.11. The zero-order valence-corrected chi connectivity index (χ0v) is 17.6. The Morgan fingerprint density at radius 2 is 2.00 bits per heavy atom. The highest BCUT2D eigenvalue weighted by molar-refractivity contribution is 7.18. The van der Waals surface area contributed by atoms with Crippen molar-refractivity contribution in [2.45, 2.75) is 46.6 Å². The molecule has 1 atom stereocenters. The molecule has 0 saturated heterocycles. The first-order valence-corrected chi connectivity index (χ1v) is 10.7. The van der Waals surface area contributed by atoms with Gasteiger partial charge in [-0.2, -0.15) is 0 Å². The van der Waals surface area contributed by atoms with Crippen LogP contribution in [0.2, 0.25) is 0 Å². The number of aryl methyl sites for hydroxylation is 2.